The summed E-state index contributed by atoms with van der Waals surface area (Å²) in [7, 11) is 2.04. The number of benzene rings is 1. The second-order valence-corrected chi connectivity index (χ2v) is 5.47. The van der Waals surface area contributed by atoms with Crippen molar-refractivity contribution in [2.45, 2.75) is 31.5 Å². The number of nitrogens with zero attached hydrogens (tertiary/aromatic N) is 1. The van der Waals surface area contributed by atoms with Crippen LogP contribution >= 0.6 is 0 Å². The van der Waals surface area contributed by atoms with E-state index in [1.54, 1.807) is 0 Å². The third-order valence-corrected chi connectivity index (χ3v) is 3.51. The second kappa shape index (κ2) is 5.83. The Balaban J connectivity index is 1.90. The van der Waals surface area contributed by atoms with E-state index in [4.69, 9.17) is 4.74 Å². The Morgan fingerprint density at radius 2 is 2.11 bits per heavy atom. The summed E-state index contributed by atoms with van der Waals surface area (Å²) in [6.07, 6.45) is 2.63. The zero-order valence-electron chi connectivity index (χ0n) is 11.3. The first-order valence-corrected chi connectivity index (χ1v) is 6.66. The molecule has 1 heterocycles. The van der Waals surface area contributed by atoms with Crippen LogP contribution in [0.4, 0.5) is 0 Å². The van der Waals surface area contributed by atoms with Crippen LogP contribution in [0.5, 0.6) is 0 Å². The Morgan fingerprint density at radius 3 is 2.72 bits per heavy atom. The highest BCUT2D eigenvalue weighted by molar-refractivity contribution is 5.21. The topological polar surface area (TPSA) is 32.7 Å². The molecule has 0 saturated carbocycles. The van der Waals surface area contributed by atoms with Gasteiger partial charge in [0, 0.05) is 19.7 Å². The quantitative estimate of drug-likeness (QED) is 0.866. The van der Waals surface area contributed by atoms with Gasteiger partial charge in [0.2, 0.25) is 0 Å². The highest BCUT2D eigenvalue weighted by atomic mass is 16.5. The second-order valence-electron chi connectivity index (χ2n) is 5.47. The van der Waals surface area contributed by atoms with Gasteiger partial charge in [0.05, 0.1) is 11.7 Å². The zero-order valence-corrected chi connectivity index (χ0v) is 11.3. The molecule has 0 bridgehead atoms. The van der Waals surface area contributed by atoms with E-state index in [0.29, 0.717) is 12.6 Å². The largest absolute Gasteiger partial charge is 0.384 e. The van der Waals surface area contributed by atoms with Gasteiger partial charge in [0.15, 0.2) is 0 Å². The fourth-order valence-corrected chi connectivity index (χ4v) is 2.61. The lowest BCUT2D eigenvalue weighted by Gasteiger charge is -2.30. The summed E-state index contributed by atoms with van der Waals surface area (Å²) in [5.74, 6) is 0. The number of ether oxygens (including phenoxy) is 1. The predicted molar refractivity (Wildman–Crippen MR) is 72.5 cm³/mol. The van der Waals surface area contributed by atoms with Gasteiger partial charge in [-0.25, -0.2) is 0 Å². The van der Waals surface area contributed by atoms with Crippen LogP contribution in [0.3, 0.4) is 0 Å². The van der Waals surface area contributed by atoms with Gasteiger partial charge >= 0.3 is 0 Å². The molecule has 100 valence electrons. The van der Waals surface area contributed by atoms with Crippen molar-refractivity contribution in [3.63, 3.8) is 0 Å². The normalized spacial score (nSPS) is 23.2. The lowest BCUT2D eigenvalue weighted by Crippen LogP contribution is -2.40. The van der Waals surface area contributed by atoms with Crippen LogP contribution < -0.4 is 0 Å². The lowest BCUT2D eigenvalue weighted by molar-refractivity contribution is 0.00598. The summed E-state index contributed by atoms with van der Waals surface area (Å²) in [5, 5.41) is 10.5. The van der Waals surface area contributed by atoms with Crippen molar-refractivity contribution >= 4 is 0 Å². The highest BCUT2D eigenvalue weighted by Gasteiger charge is 2.26. The smallest absolute Gasteiger partial charge is 0.0994 e. The van der Waals surface area contributed by atoms with E-state index in [-0.39, 0.29) is 0 Å². The van der Waals surface area contributed by atoms with Crippen molar-refractivity contribution in [3.8, 4) is 0 Å². The average Bonchev–Trinajstić information content (AvgIpc) is 2.82. The molecular weight excluding hydrogens is 226 g/mol. The first kappa shape index (κ1) is 13.5. The zero-order chi connectivity index (χ0) is 13.0. The summed E-state index contributed by atoms with van der Waals surface area (Å²) >= 11 is 0. The van der Waals surface area contributed by atoms with Gasteiger partial charge in [-0.05, 0) is 32.4 Å². The van der Waals surface area contributed by atoms with Gasteiger partial charge in [0.1, 0.15) is 0 Å². The number of aliphatic hydroxyl groups is 1. The van der Waals surface area contributed by atoms with Crippen LogP contribution in [0.15, 0.2) is 30.3 Å². The number of rotatable bonds is 5. The Hall–Kier alpha value is -0.900. The Labute approximate surface area is 109 Å². The van der Waals surface area contributed by atoms with E-state index in [2.05, 4.69) is 4.90 Å². The molecule has 0 aromatic heterocycles. The minimum atomic E-state index is -0.811. The molecule has 1 aliphatic heterocycles. The van der Waals surface area contributed by atoms with Crippen molar-refractivity contribution in [1.82, 2.24) is 4.90 Å². The fourth-order valence-electron chi connectivity index (χ4n) is 2.61. The Morgan fingerprint density at radius 1 is 1.39 bits per heavy atom. The van der Waals surface area contributed by atoms with Crippen LogP contribution in [0.2, 0.25) is 0 Å². The number of likely N-dealkylation sites (N-methyl/N-ethyl adjacent to an activating group) is 1. The standard InChI is InChI=1S/C15H23NO2/c1-15(17,13-7-4-3-5-8-13)12-16(2)11-14-9-6-10-18-14/h3-5,7-8,14,17H,6,9-12H2,1-2H3. The predicted octanol–water partition coefficient (Wildman–Crippen LogP) is 2.00. The molecule has 0 aliphatic carbocycles. The summed E-state index contributed by atoms with van der Waals surface area (Å²) in [6, 6.07) is 9.84. The Bertz CT molecular complexity index is 358. The molecule has 1 saturated heterocycles. The van der Waals surface area contributed by atoms with Crippen LogP contribution in [-0.4, -0.2) is 42.9 Å². The van der Waals surface area contributed by atoms with Crippen LogP contribution in [-0.2, 0) is 10.3 Å². The molecule has 2 atom stereocenters. The monoisotopic (exact) mass is 249 g/mol. The summed E-state index contributed by atoms with van der Waals surface area (Å²) in [6.45, 7) is 4.27. The van der Waals surface area contributed by atoms with Crippen LogP contribution in [0, 0.1) is 0 Å². The third kappa shape index (κ3) is 3.55. The molecule has 18 heavy (non-hydrogen) atoms. The van der Waals surface area contributed by atoms with Crippen molar-refractivity contribution in [3.05, 3.63) is 35.9 Å². The minimum Gasteiger partial charge on any atom is -0.384 e. The van der Waals surface area contributed by atoms with Crippen molar-refractivity contribution < 1.29 is 9.84 Å². The van der Waals surface area contributed by atoms with E-state index in [1.807, 2.05) is 44.3 Å². The van der Waals surface area contributed by atoms with E-state index in [9.17, 15) is 5.11 Å². The summed E-state index contributed by atoms with van der Waals surface area (Å²) < 4.78 is 5.62. The maximum absolute atomic E-state index is 10.5. The van der Waals surface area contributed by atoms with E-state index >= 15 is 0 Å². The molecule has 3 heteroatoms. The molecule has 1 aromatic carbocycles. The van der Waals surface area contributed by atoms with Gasteiger partial charge in [0.25, 0.3) is 0 Å². The van der Waals surface area contributed by atoms with Crippen molar-refractivity contribution in [2.24, 2.45) is 0 Å². The van der Waals surface area contributed by atoms with E-state index < -0.39 is 5.60 Å². The van der Waals surface area contributed by atoms with Gasteiger partial charge in [-0.1, -0.05) is 30.3 Å². The first-order chi connectivity index (χ1) is 8.58. The minimum absolute atomic E-state index is 0.335. The lowest BCUT2D eigenvalue weighted by atomic mass is 9.95. The molecular formula is C15H23NO2. The van der Waals surface area contributed by atoms with Gasteiger partial charge < -0.3 is 14.7 Å². The maximum atomic E-state index is 10.5. The molecule has 0 amide bonds. The summed E-state index contributed by atoms with van der Waals surface area (Å²) in [5.41, 5.74) is 0.151. The molecule has 0 radical (unpaired) electrons. The molecule has 1 aliphatic rings. The molecule has 1 N–H and O–H groups in total. The molecule has 1 fully saturated rings. The first-order valence-electron chi connectivity index (χ1n) is 6.66. The fraction of sp³-hybridized carbons (Fsp3) is 0.600. The van der Waals surface area contributed by atoms with Crippen molar-refractivity contribution in [2.75, 3.05) is 26.7 Å². The molecule has 2 unspecified atom stereocenters. The maximum Gasteiger partial charge on any atom is 0.0994 e. The molecule has 1 aromatic rings. The average molecular weight is 249 g/mol. The SMILES string of the molecule is CN(CC1CCCO1)CC(C)(O)c1ccccc1. The van der Waals surface area contributed by atoms with Crippen LogP contribution in [0.25, 0.3) is 0 Å². The Kier molecular flexibility index (Phi) is 4.38. The van der Waals surface area contributed by atoms with Crippen LogP contribution in [0.1, 0.15) is 25.3 Å². The van der Waals surface area contributed by atoms with E-state index in [0.717, 1.165) is 31.6 Å². The van der Waals surface area contributed by atoms with Gasteiger partial charge in [-0.2, -0.15) is 0 Å². The number of hydrogen-bond donors (Lipinski definition) is 1. The van der Waals surface area contributed by atoms with Gasteiger partial charge in [-0.15, -0.1) is 0 Å². The molecule has 3 nitrogen and oxygen atoms in total. The van der Waals surface area contributed by atoms with E-state index in [1.165, 1.54) is 0 Å². The van der Waals surface area contributed by atoms with Gasteiger partial charge in [-0.3, -0.25) is 0 Å². The summed E-state index contributed by atoms with van der Waals surface area (Å²) in [4.78, 5) is 2.16. The highest BCUT2D eigenvalue weighted by Crippen LogP contribution is 2.22. The third-order valence-electron chi connectivity index (χ3n) is 3.51. The molecule has 2 rings (SSSR count). The van der Waals surface area contributed by atoms with Crippen molar-refractivity contribution in [1.29, 1.82) is 0 Å². The molecule has 0 spiro atoms. The number of hydrogen-bond acceptors (Lipinski definition) is 3.